The lowest BCUT2D eigenvalue weighted by Gasteiger charge is -2.13. The van der Waals surface area contributed by atoms with Gasteiger partial charge in [0.2, 0.25) is 5.91 Å². The van der Waals surface area contributed by atoms with Crippen LogP contribution in [0.4, 0.5) is 5.69 Å². The van der Waals surface area contributed by atoms with Crippen molar-refractivity contribution in [1.29, 1.82) is 0 Å². The Labute approximate surface area is 167 Å². The van der Waals surface area contributed by atoms with Crippen LogP contribution >= 0.6 is 35.3 Å². The topological polar surface area (TPSA) is 93.4 Å². The van der Waals surface area contributed by atoms with Crippen LogP contribution in [-0.4, -0.2) is 31.6 Å². The van der Waals surface area contributed by atoms with E-state index >= 15 is 0 Å². The van der Waals surface area contributed by atoms with Gasteiger partial charge in [0.15, 0.2) is 0 Å². The zero-order valence-electron chi connectivity index (χ0n) is 14.2. The molecule has 9 heteroatoms. The molecule has 142 valence electrons. The molecule has 0 saturated heterocycles. The van der Waals surface area contributed by atoms with E-state index in [1.807, 2.05) is 17.5 Å². The van der Waals surface area contributed by atoms with Crippen LogP contribution in [0.2, 0.25) is 5.02 Å². The molecule has 6 nitrogen and oxygen atoms in total. The van der Waals surface area contributed by atoms with E-state index in [1.54, 1.807) is 29.5 Å². The molecule has 0 fully saturated rings. The van der Waals surface area contributed by atoms with Gasteiger partial charge in [0.25, 0.3) is 5.91 Å². The molecule has 0 aliphatic rings. The summed E-state index contributed by atoms with van der Waals surface area (Å²) in [5, 5.41) is 7.79. The van der Waals surface area contributed by atoms with Gasteiger partial charge in [-0.2, -0.15) is 0 Å². The molecule has 1 aromatic carbocycles. The molecular formula is C17H21Cl2N3O3S. The van der Waals surface area contributed by atoms with Crippen LogP contribution in [0.25, 0.3) is 0 Å². The second-order valence-corrected chi connectivity index (χ2v) is 6.74. The number of methoxy groups -OCH3 is 1. The maximum absolute atomic E-state index is 12.3. The Morgan fingerprint density at radius 3 is 2.73 bits per heavy atom. The first-order valence-corrected chi connectivity index (χ1v) is 8.92. The number of carbonyl (C=O) groups excluding carboxylic acids is 2. The Morgan fingerprint density at radius 2 is 2.12 bits per heavy atom. The molecule has 1 aromatic heterocycles. The van der Waals surface area contributed by atoms with Gasteiger partial charge in [-0.25, -0.2) is 0 Å². The van der Waals surface area contributed by atoms with Crippen molar-refractivity contribution in [2.75, 3.05) is 19.0 Å². The zero-order chi connectivity index (χ0) is 18.2. The quantitative estimate of drug-likeness (QED) is 0.614. The fraction of sp³-hybridized carbons (Fsp3) is 0.294. The Kier molecular flexibility index (Phi) is 9.61. The Bertz CT molecular complexity index is 722. The highest BCUT2D eigenvalue weighted by atomic mass is 35.5. The second kappa shape index (κ2) is 11.2. The standard InChI is InChI=1S/C17H20ClN3O3S.ClH/c1-24-12(9-19)8-16(22)21-11-4-5-15(18)14(7-11)17(23)20-10-13-3-2-6-25-13;/h2-7,12H,8-10,19H2,1H3,(H,20,23)(H,21,22);1H. The summed E-state index contributed by atoms with van der Waals surface area (Å²) < 4.78 is 5.09. The van der Waals surface area contributed by atoms with Crippen LogP contribution in [0, 0.1) is 0 Å². The van der Waals surface area contributed by atoms with E-state index in [2.05, 4.69) is 10.6 Å². The van der Waals surface area contributed by atoms with Crippen molar-refractivity contribution in [3.63, 3.8) is 0 Å². The highest BCUT2D eigenvalue weighted by molar-refractivity contribution is 7.09. The van der Waals surface area contributed by atoms with Crippen molar-refractivity contribution in [2.24, 2.45) is 5.73 Å². The number of nitrogens with two attached hydrogens (primary N) is 1. The number of carbonyl (C=O) groups is 2. The van der Waals surface area contributed by atoms with Gasteiger partial charge in [-0.15, -0.1) is 23.7 Å². The molecule has 1 atom stereocenters. The Hall–Kier alpha value is -1.64. The van der Waals surface area contributed by atoms with E-state index in [9.17, 15) is 9.59 Å². The van der Waals surface area contributed by atoms with Crippen LogP contribution in [0.15, 0.2) is 35.7 Å². The lowest BCUT2D eigenvalue weighted by atomic mass is 10.1. The van der Waals surface area contributed by atoms with E-state index < -0.39 is 0 Å². The largest absolute Gasteiger partial charge is 0.380 e. The monoisotopic (exact) mass is 417 g/mol. The third-order valence-electron chi connectivity index (χ3n) is 3.51. The molecule has 0 aliphatic carbocycles. The van der Waals surface area contributed by atoms with Gasteiger partial charge in [0, 0.05) is 24.2 Å². The summed E-state index contributed by atoms with van der Waals surface area (Å²) in [6.07, 6.45) is -0.212. The molecule has 1 heterocycles. The zero-order valence-corrected chi connectivity index (χ0v) is 16.5. The van der Waals surface area contributed by atoms with E-state index in [1.165, 1.54) is 7.11 Å². The van der Waals surface area contributed by atoms with Crippen molar-refractivity contribution >= 4 is 52.8 Å². The molecule has 0 bridgehead atoms. The molecule has 1 unspecified atom stereocenters. The predicted molar refractivity (Wildman–Crippen MR) is 107 cm³/mol. The van der Waals surface area contributed by atoms with Crippen LogP contribution in [0.1, 0.15) is 21.7 Å². The number of thiophene rings is 1. The normalized spacial score (nSPS) is 11.3. The molecule has 2 aromatic rings. The number of ether oxygens (including phenoxy) is 1. The number of benzene rings is 1. The molecule has 0 radical (unpaired) electrons. The molecule has 26 heavy (non-hydrogen) atoms. The molecule has 2 amide bonds. The molecular weight excluding hydrogens is 397 g/mol. The maximum Gasteiger partial charge on any atom is 0.253 e. The van der Waals surface area contributed by atoms with Crippen LogP contribution in [0.3, 0.4) is 0 Å². The van der Waals surface area contributed by atoms with Gasteiger partial charge >= 0.3 is 0 Å². The van der Waals surface area contributed by atoms with E-state index in [0.29, 0.717) is 22.8 Å². The number of nitrogens with one attached hydrogen (secondary N) is 2. The Morgan fingerprint density at radius 1 is 1.35 bits per heavy atom. The predicted octanol–water partition coefficient (Wildman–Crippen LogP) is 3.06. The summed E-state index contributed by atoms with van der Waals surface area (Å²) >= 11 is 7.67. The third kappa shape index (κ3) is 6.59. The number of hydrogen-bond donors (Lipinski definition) is 3. The summed E-state index contributed by atoms with van der Waals surface area (Å²) in [5.74, 6) is -0.546. The van der Waals surface area contributed by atoms with Gasteiger partial charge in [0.1, 0.15) is 0 Å². The molecule has 0 spiro atoms. The summed E-state index contributed by atoms with van der Waals surface area (Å²) in [7, 11) is 1.50. The lowest BCUT2D eigenvalue weighted by molar-refractivity contribution is -0.118. The van der Waals surface area contributed by atoms with E-state index in [-0.39, 0.29) is 43.3 Å². The molecule has 0 saturated carbocycles. The second-order valence-electron chi connectivity index (χ2n) is 5.30. The minimum absolute atomic E-state index is 0. The van der Waals surface area contributed by atoms with Gasteiger partial charge in [-0.3, -0.25) is 9.59 Å². The summed E-state index contributed by atoms with van der Waals surface area (Å²) in [6, 6.07) is 8.62. The molecule has 4 N–H and O–H groups in total. The molecule has 0 aliphatic heterocycles. The smallest absolute Gasteiger partial charge is 0.253 e. The van der Waals surface area contributed by atoms with Crippen molar-refractivity contribution in [3.8, 4) is 0 Å². The van der Waals surface area contributed by atoms with Gasteiger partial charge in [-0.05, 0) is 29.6 Å². The van der Waals surface area contributed by atoms with Gasteiger partial charge in [-0.1, -0.05) is 17.7 Å². The number of hydrogen-bond acceptors (Lipinski definition) is 5. The van der Waals surface area contributed by atoms with Crippen molar-refractivity contribution in [3.05, 3.63) is 51.2 Å². The summed E-state index contributed by atoms with van der Waals surface area (Å²) in [4.78, 5) is 25.4. The summed E-state index contributed by atoms with van der Waals surface area (Å²) in [6.45, 7) is 0.677. The van der Waals surface area contributed by atoms with Crippen molar-refractivity contribution in [2.45, 2.75) is 19.1 Å². The Balaban J connectivity index is 0.00000338. The van der Waals surface area contributed by atoms with Crippen LogP contribution in [0.5, 0.6) is 0 Å². The number of rotatable bonds is 8. The van der Waals surface area contributed by atoms with Crippen molar-refractivity contribution in [1.82, 2.24) is 5.32 Å². The first-order chi connectivity index (χ1) is 12.0. The first kappa shape index (κ1) is 22.4. The van der Waals surface area contributed by atoms with Gasteiger partial charge in [0.05, 0.1) is 29.7 Å². The average Bonchev–Trinajstić information content (AvgIpc) is 3.12. The van der Waals surface area contributed by atoms with E-state index in [0.717, 1.165) is 4.88 Å². The third-order valence-corrected chi connectivity index (χ3v) is 4.71. The summed E-state index contributed by atoms with van der Waals surface area (Å²) in [5.41, 5.74) is 6.30. The van der Waals surface area contributed by atoms with Crippen LogP contribution in [-0.2, 0) is 16.1 Å². The fourth-order valence-corrected chi connectivity index (χ4v) is 2.98. The average molecular weight is 418 g/mol. The number of halogens is 2. The highest BCUT2D eigenvalue weighted by Crippen LogP contribution is 2.21. The maximum atomic E-state index is 12.3. The number of anilines is 1. The van der Waals surface area contributed by atoms with Crippen molar-refractivity contribution < 1.29 is 14.3 Å². The first-order valence-electron chi connectivity index (χ1n) is 7.66. The fourth-order valence-electron chi connectivity index (χ4n) is 2.13. The lowest BCUT2D eigenvalue weighted by Crippen LogP contribution is -2.28. The van der Waals surface area contributed by atoms with Gasteiger partial charge < -0.3 is 21.1 Å². The van der Waals surface area contributed by atoms with E-state index in [4.69, 9.17) is 22.1 Å². The minimum Gasteiger partial charge on any atom is -0.380 e. The van der Waals surface area contributed by atoms with Crippen LogP contribution < -0.4 is 16.4 Å². The highest BCUT2D eigenvalue weighted by Gasteiger charge is 2.15. The molecule has 2 rings (SSSR count). The minimum atomic E-state index is -0.346. The number of amides is 2. The SMILES string of the molecule is COC(CN)CC(=O)Nc1ccc(Cl)c(C(=O)NCc2cccs2)c1.Cl.